The van der Waals surface area contributed by atoms with E-state index in [-0.39, 0.29) is 18.1 Å². The van der Waals surface area contributed by atoms with Crippen LogP contribution in [0.2, 0.25) is 10.0 Å². The fraction of sp³-hybridized carbons (Fsp3) is 0.519. The second-order valence-electron chi connectivity index (χ2n) is 10.3. The molecule has 0 spiro atoms. The fourth-order valence-corrected chi connectivity index (χ4v) is 6.29. The lowest BCUT2D eigenvalue weighted by molar-refractivity contribution is -0.143. The molecule has 210 valence electrons. The Kier molecular flexibility index (Phi) is 8.98. The minimum atomic E-state index is -0.833. The standard InChI is InChI=1S/C25H30Cl2N6O2.C2H4O2/c1-14-13-31(10-8-20(14)32-9-4-5-21(32)25(34)35)22-12-28-23-15(2)30-33(24(23)29-22)16(3)18-7-6-17(26)11-19(18)27;1-2(3)4/h6-7,11-12,14,16,20-21H,4-5,8-10,13H2,1-3H3,(H,34,35);1H3,(H,3,4)/t14-,16-,20+,21+;/m1./s1. The van der Waals surface area contributed by atoms with Gasteiger partial charge in [-0.25, -0.2) is 14.6 Å². The number of aliphatic carboxylic acids is 2. The Labute approximate surface area is 237 Å². The Morgan fingerprint density at radius 1 is 1.15 bits per heavy atom. The molecule has 2 fully saturated rings. The number of piperidine rings is 1. The summed E-state index contributed by atoms with van der Waals surface area (Å²) in [5.74, 6) is -0.402. The minimum absolute atomic E-state index is 0.145. The van der Waals surface area contributed by atoms with Gasteiger partial charge < -0.3 is 15.1 Å². The first kappa shape index (κ1) is 29.0. The van der Waals surface area contributed by atoms with Crippen molar-refractivity contribution in [3.8, 4) is 0 Å². The third-order valence-electron chi connectivity index (χ3n) is 7.53. The fourth-order valence-electron chi connectivity index (χ4n) is 5.72. The summed E-state index contributed by atoms with van der Waals surface area (Å²) >= 11 is 12.6. The van der Waals surface area contributed by atoms with Crippen molar-refractivity contribution in [3.05, 3.63) is 45.7 Å². The lowest BCUT2D eigenvalue weighted by Crippen LogP contribution is -2.53. The van der Waals surface area contributed by atoms with Crippen LogP contribution >= 0.6 is 23.2 Å². The molecule has 2 saturated heterocycles. The first-order chi connectivity index (χ1) is 18.5. The summed E-state index contributed by atoms with van der Waals surface area (Å²) in [4.78, 5) is 34.9. The molecule has 0 bridgehead atoms. The number of fused-ring (bicyclic) bond motifs is 1. The first-order valence-electron chi connectivity index (χ1n) is 13.1. The highest BCUT2D eigenvalue weighted by molar-refractivity contribution is 6.35. The number of carbonyl (C=O) groups is 2. The number of aryl methyl sites for hydroxylation is 1. The lowest BCUT2D eigenvalue weighted by Gasteiger charge is -2.43. The van der Waals surface area contributed by atoms with Gasteiger partial charge in [0.15, 0.2) is 5.65 Å². The summed E-state index contributed by atoms with van der Waals surface area (Å²) in [6, 6.07) is 5.26. The molecule has 0 saturated carbocycles. The van der Waals surface area contributed by atoms with Crippen molar-refractivity contribution < 1.29 is 19.8 Å². The van der Waals surface area contributed by atoms with Crippen LogP contribution in [0.3, 0.4) is 0 Å². The summed E-state index contributed by atoms with van der Waals surface area (Å²) in [6.45, 7) is 9.74. The largest absolute Gasteiger partial charge is 0.481 e. The number of rotatable bonds is 5. The van der Waals surface area contributed by atoms with E-state index < -0.39 is 11.9 Å². The molecule has 0 unspecified atom stereocenters. The van der Waals surface area contributed by atoms with Gasteiger partial charge in [0.2, 0.25) is 0 Å². The predicted octanol–water partition coefficient (Wildman–Crippen LogP) is 4.91. The minimum Gasteiger partial charge on any atom is -0.481 e. The number of likely N-dealkylation sites (tertiary alicyclic amines) is 1. The second kappa shape index (κ2) is 12.1. The molecule has 39 heavy (non-hydrogen) atoms. The normalized spacial score (nSPS) is 22.4. The van der Waals surface area contributed by atoms with E-state index in [2.05, 4.69) is 16.7 Å². The van der Waals surface area contributed by atoms with Crippen LogP contribution in [0, 0.1) is 12.8 Å². The van der Waals surface area contributed by atoms with Gasteiger partial charge in [-0.05, 0) is 63.3 Å². The van der Waals surface area contributed by atoms with E-state index in [4.69, 9.17) is 48.2 Å². The number of aromatic nitrogens is 4. The van der Waals surface area contributed by atoms with Gasteiger partial charge >= 0.3 is 5.97 Å². The maximum Gasteiger partial charge on any atom is 0.320 e. The van der Waals surface area contributed by atoms with E-state index in [0.29, 0.717) is 16.0 Å². The van der Waals surface area contributed by atoms with Crippen LogP contribution in [0.5, 0.6) is 0 Å². The molecule has 0 radical (unpaired) electrons. The molecule has 1 aromatic carbocycles. The summed E-state index contributed by atoms with van der Waals surface area (Å²) in [6.07, 6.45) is 4.42. The Morgan fingerprint density at radius 2 is 1.87 bits per heavy atom. The van der Waals surface area contributed by atoms with E-state index in [1.54, 1.807) is 6.07 Å². The van der Waals surface area contributed by atoms with Crippen LogP contribution in [0.1, 0.15) is 57.3 Å². The zero-order valence-electron chi connectivity index (χ0n) is 22.5. The number of hydrogen-bond acceptors (Lipinski definition) is 7. The highest BCUT2D eigenvalue weighted by Crippen LogP contribution is 2.33. The number of benzene rings is 1. The van der Waals surface area contributed by atoms with Gasteiger partial charge in [-0.15, -0.1) is 0 Å². The van der Waals surface area contributed by atoms with E-state index in [9.17, 15) is 9.90 Å². The maximum atomic E-state index is 11.7. The third kappa shape index (κ3) is 6.28. The molecule has 10 nitrogen and oxygen atoms in total. The summed E-state index contributed by atoms with van der Waals surface area (Å²) < 4.78 is 1.88. The molecule has 2 aliphatic rings. The second-order valence-corrected chi connectivity index (χ2v) is 11.1. The molecule has 0 aliphatic carbocycles. The van der Waals surface area contributed by atoms with Crippen molar-refractivity contribution in [1.82, 2.24) is 24.6 Å². The van der Waals surface area contributed by atoms with Crippen LogP contribution in [0.15, 0.2) is 24.4 Å². The molecule has 12 heteroatoms. The molecule has 2 aliphatic heterocycles. The predicted molar refractivity (Wildman–Crippen MR) is 151 cm³/mol. The van der Waals surface area contributed by atoms with E-state index in [0.717, 1.165) is 74.1 Å². The highest BCUT2D eigenvalue weighted by atomic mass is 35.5. The van der Waals surface area contributed by atoms with Crippen molar-refractivity contribution in [2.75, 3.05) is 24.5 Å². The Balaban J connectivity index is 0.000000826. The zero-order chi connectivity index (χ0) is 28.4. The van der Waals surface area contributed by atoms with Gasteiger partial charge in [-0.2, -0.15) is 5.10 Å². The molecule has 0 amide bonds. The SMILES string of the molecule is CC(=O)O.Cc1nn([C@H](C)c2ccc(Cl)cc2Cl)c2nc(N3CC[C@H](N4CCC[C@H]4C(=O)O)[C@H](C)C3)cnc12. The van der Waals surface area contributed by atoms with Crippen LogP contribution in [-0.4, -0.2) is 78.5 Å². The zero-order valence-corrected chi connectivity index (χ0v) is 24.0. The molecular formula is C27H34Cl2N6O4. The number of nitrogens with zero attached hydrogens (tertiary/aromatic N) is 6. The smallest absolute Gasteiger partial charge is 0.320 e. The Bertz CT molecular complexity index is 1360. The topological polar surface area (TPSA) is 125 Å². The first-order valence-corrected chi connectivity index (χ1v) is 13.8. The molecule has 4 heterocycles. The number of carboxylic acids is 2. The average molecular weight is 578 g/mol. The van der Waals surface area contributed by atoms with E-state index in [1.807, 2.05) is 36.9 Å². The van der Waals surface area contributed by atoms with Crippen molar-refractivity contribution >= 4 is 52.1 Å². The van der Waals surface area contributed by atoms with Crippen LogP contribution < -0.4 is 4.90 Å². The van der Waals surface area contributed by atoms with Gasteiger partial charge in [0.25, 0.3) is 5.97 Å². The number of carboxylic acid groups (broad SMARTS) is 2. The number of anilines is 1. The summed E-state index contributed by atoms with van der Waals surface area (Å²) in [7, 11) is 0. The van der Waals surface area contributed by atoms with Crippen molar-refractivity contribution in [2.24, 2.45) is 5.92 Å². The average Bonchev–Trinajstić information content (AvgIpc) is 3.48. The third-order valence-corrected chi connectivity index (χ3v) is 8.09. The van der Waals surface area contributed by atoms with E-state index >= 15 is 0 Å². The van der Waals surface area contributed by atoms with Crippen molar-refractivity contribution in [2.45, 2.75) is 65.1 Å². The summed E-state index contributed by atoms with van der Waals surface area (Å²) in [5.41, 5.74) is 3.23. The molecule has 4 atom stereocenters. The molecule has 2 aromatic heterocycles. The molecule has 5 rings (SSSR count). The Morgan fingerprint density at radius 3 is 2.51 bits per heavy atom. The van der Waals surface area contributed by atoms with Gasteiger partial charge in [0.05, 0.1) is 17.9 Å². The lowest BCUT2D eigenvalue weighted by atomic mass is 9.91. The monoisotopic (exact) mass is 576 g/mol. The quantitative estimate of drug-likeness (QED) is 0.435. The van der Waals surface area contributed by atoms with E-state index in [1.165, 1.54) is 0 Å². The molecule has 2 N–H and O–H groups in total. The summed E-state index contributed by atoms with van der Waals surface area (Å²) in [5, 5.41) is 23.0. The van der Waals surface area contributed by atoms with Crippen molar-refractivity contribution in [3.63, 3.8) is 0 Å². The van der Waals surface area contributed by atoms with Gasteiger partial charge in [-0.1, -0.05) is 36.2 Å². The molecular weight excluding hydrogens is 543 g/mol. The van der Waals surface area contributed by atoms with Crippen LogP contribution in [0.25, 0.3) is 11.2 Å². The Hall–Kier alpha value is -2.95. The maximum absolute atomic E-state index is 11.7. The van der Waals surface area contributed by atoms with Crippen LogP contribution in [0.4, 0.5) is 5.82 Å². The van der Waals surface area contributed by atoms with Gasteiger partial charge in [0.1, 0.15) is 17.4 Å². The van der Waals surface area contributed by atoms with Gasteiger partial charge in [-0.3, -0.25) is 14.5 Å². The van der Waals surface area contributed by atoms with Crippen LogP contribution in [-0.2, 0) is 9.59 Å². The number of halogens is 2. The highest BCUT2D eigenvalue weighted by Gasteiger charge is 2.40. The van der Waals surface area contributed by atoms with Crippen molar-refractivity contribution in [1.29, 1.82) is 0 Å². The molecule has 3 aromatic rings. The van der Waals surface area contributed by atoms with Gasteiger partial charge in [0, 0.05) is 36.1 Å². The number of hydrogen-bond donors (Lipinski definition) is 2.